The number of aromatic nitrogens is 2. The van der Waals surface area contributed by atoms with Gasteiger partial charge in [0.25, 0.3) is 5.69 Å². The van der Waals surface area contributed by atoms with E-state index in [0.717, 1.165) is 32.8 Å². The average molecular weight is 578 g/mol. The van der Waals surface area contributed by atoms with E-state index in [-0.39, 0.29) is 22.7 Å². The number of nitro benzene ring substituents is 1. The van der Waals surface area contributed by atoms with Gasteiger partial charge < -0.3 is 19.5 Å². The number of hydrogen-bond acceptors (Lipinski definition) is 5. The van der Waals surface area contributed by atoms with Crippen LogP contribution in [-0.2, 0) is 0 Å². The summed E-state index contributed by atoms with van der Waals surface area (Å²) in [5.74, 6) is 0.431. The fourth-order valence-electron chi connectivity index (χ4n) is 4.97. The van der Waals surface area contributed by atoms with E-state index in [9.17, 15) is 10.1 Å². The Balaban J connectivity index is 1.70. The molecule has 5 rings (SSSR count). The van der Waals surface area contributed by atoms with E-state index < -0.39 is 0 Å². The predicted molar refractivity (Wildman–Crippen MR) is 151 cm³/mol. The number of benzene rings is 2. The first-order valence-corrected chi connectivity index (χ1v) is 12.8. The number of hydrogen-bond donors (Lipinski definition) is 1. The minimum Gasteiger partial charge on any atom is -0.496 e. The Bertz CT molecular complexity index is 1490. The second-order valence-corrected chi connectivity index (χ2v) is 10.0. The lowest BCUT2D eigenvalue weighted by molar-refractivity contribution is -0.384. The van der Waals surface area contributed by atoms with Crippen molar-refractivity contribution in [3.8, 4) is 11.4 Å². The minimum absolute atomic E-state index is 0.0289. The van der Waals surface area contributed by atoms with Gasteiger partial charge in [0.1, 0.15) is 11.4 Å². The number of methoxy groups -OCH3 is 1. The highest BCUT2D eigenvalue weighted by atomic mass is 79.9. The Labute approximate surface area is 228 Å². The van der Waals surface area contributed by atoms with Crippen molar-refractivity contribution in [1.82, 2.24) is 14.9 Å². The summed E-state index contributed by atoms with van der Waals surface area (Å²) in [5.41, 5.74) is 4.98. The molecule has 4 aromatic rings. The molecule has 2 atom stereocenters. The van der Waals surface area contributed by atoms with E-state index in [1.165, 1.54) is 13.2 Å². The number of rotatable bonds is 6. The highest BCUT2D eigenvalue weighted by Gasteiger charge is 2.42. The Morgan fingerprint density at radius 1 is 1.11 bits per heavy atom. The molecule has 1 saturated heterocycles. The van der Waals surface area contributed by atoms with E-state index in [2.05, 4.69) is 37.2 Å². The van der Waals surface area contributed by atoms with Crippen LogP contribution >= 0.6 is 28.1 Å². The van der Waals surface area contributed by atoms with Crippen molar-refractivity contribution >= 4 is 44.6 Å². The molecule has 1 aliphatic heterocycles. The summed E-state index contributed by atoms with van der Waals surface area (Å²) in [6.45, 7) is 3.93. The lowest BCUT2D eigenvalue weighted by Gasteiger charge is -2.28. The van der Waals surface area contributed by atoms with Crippen molar-refractivity contribution in [2.75, 3.05) is 12.0 Å². The summed E-state index contributed by atoms with van der Waals surface area (Å²) in [6.07, 6.45) is 1.77. The van der Waals surface area contributed by atoms with Gasteiger partial charge in [-0.15, -0.1) is 0 Å². The third-order valence-electron chi connectivity index (χ3n) is 6.61. The van der Waals surface area contributed by atoms with Gasteiger partial charge >= 0.3 is 0 Å². The van der Waals surface area contributed by atoms with E-state index in [1.807, 2.05) is 60.9 Å². The monoisotopic (exact) mass is 577 g/mol. The van der Waals surface area contributed by atoms with Crippen LogP contribution in [0.1, 0.15) is 34.7 Å². The highest BCUT2D eigenvalue weighted by Crippen LogP contribution is 2.44. The van der Waals surface area contributed by atoms with Crippen LogP contribution in [0.2, 0.25) is 0 Å². The number of halogens is 1. The summed E-state index contributed by atoms with van der Waals surface area (Å²) in [5, 5.41) is 16.0. The molecular formula is C27H24BrN5O3S. The van der Waals surface area contributed by atoms with Gasteiger partial charge in [-0.05, 0) is 86.2 Å². The van der Waals surface area contributed by atoms with Crippen LogP contribution in [0, 0.1) is 24.0 Å². The molecule has 0 spiro atoms. The molecule has 0 aliphatic carbocycles. The zero-order chi connectivity index (χ0) is 26.3. The smallest absolute Gasteiger partial charge is 0.296 e. The largest absolute Gasteiger partial charge is 0.496 e. The maximum atomic E-state index is 12.0. The molecule has 2 aromatic heterocycles. The van der Waals surface area contributed by atoms with Crippen molar-refractivity contribution in [2.45, 2.75) is 25.9 Å². The SMILES string of the molecule is COc1ccc(-n2c(C)cc([C@H]3[C@H](c4ccccn4)NC(=S)N3c3ccc(Br)cc3)c2C)c([N+](=O)[O-])c1. The van der Waals surface area contributed by atoms with Crippen molar-refractivity contribution in [3.05, 3.63) is 110 Å². The van der Waals surface area contributed by atoms with Crippen molar-refractivity contribution < 1.29 is 9.66 Å². The molecular weight excluding hydrogens is 554 g/mol. The molecule has 37 heavy (non-hydrogen) atoms. The molecule has 188 valence electrons. The van der Waals surface area contributed by atoms with Crippen LogP contribution in [0.4, 0.5) is 11.4 Å². The third-order valence-corrected chi connectivity index (χ3v) is 7.46. The van der Waals surface area contributed by atoms with Crippen molar-refractivity contribution in [1.29, 1.82) is 0 Å². The zero-order valence-corrected chi connectivity index (χ0v) is 22.8. The number of aryl methyl sites for hydroxylation is 1. The first-order valence-electron chi connectivity index (χ1n) is 11.6. The first kappa shape index (κ1) is 24.9. The second kappa shape index (κ2) is 9.95. The quantitative estimate of drug-likeness (QED) is 0.162. The van der Waals surface area contributed by atoms with Gasteiger partial charge in [0.2, 0.25) is 0 Å². The van der Waals surface area contributed by atoms with Crippen LogP contribution in [0.3, 0.4) is 0 Å². The van der Waals surface area contributed by atoms with Crippen LogP contribution in [0.25, 0.3) is 5.69 Å². The summed E-state index contributed by atoms with van der Waals surface area (Å²) in [6, 6.07) is 20.3. The summed E-state index contributed by atoms with van der Waals surface area (Å²) in [4.78, 5) is 18.3. The molecule has 10 heteroatoms. The lowest BCUT2D eigenvalue weighted by atomic mass is 9.96. The Kier molecular flexibility index (Phi) is 6.70. The minimum atomic E-state index is -0.381. The number of nitro groups is 1. The molecule has 0 amide bonds. The number of pyridine rings is 1. The van der Waals surface area contributed by atoms with E-state index in [4.69, 9.17) is 17.0 Å². The molecule has 2 aromatic carbocycles. The fourth-order valence-corrected chi connectivity index (χ4v) is 5.58. The molecule has 0 unspecified atom stereocenters. The van der Waals surface area contributed by atoms with E-state index in [1.54, 1.807) is 18.3 Å². The molecule has 1 aliphatic rings. The van der Waals surface area contributed by atoms with Gasteiger partial charge in [-0.1, -0.05) is 22.0 Å². The van der Waals surface area contributed by atoms with E-state index in [0.29, 0.717) is 16.5 Å². The van der Waals surface area contributed by atoms with Crippen molar-refractivity contribution in [3.63, 3.8) is 0 Å². The van der Waals surface area contributed by atoms with Crippen LogP contribution < -0.4 is 15.0 Å². The summed E-state index contributed by atoms with van der Waals surface area (Å²) in [7, 11) is 1.49. The van der Waals surface area contributed by atoms with E-state index >= 15 is 0 Å². The molecule has 0 bridgehead atoms. The Morgan fingerprint density at radius 2 is 1.86 bits per heavy atom. The normalized spacial score (nSPS) is 17.1. The molecule has 8 nitrogen and oxygen atoms in total. The molecule has 1 fully saturated rings. The van der Waals surface area contributed by atoms with Crippen LogP contribution in [0.5, 0.6) is 5.75 Å². The fraction of sp³-hybridized carbons (Fsp3) is 0.185. The van der Waals surface area contributed by atoms with Gasteiger partial charge in [0, 0.05) is 27.7 Å². The van der Waals surface area contributed by atoms with Crippen LogP contribution in [0.15, 0.2) is 77.4 Å². The Hall–Kier alpha value is -3.76. The number of nitrogens with one attached hydrogen (secondary N) is 1. The maximum absolute atomic E-state index is 12.0. The zero-order valence-electron chi connectivity index (χ0n) is 20.4. The van der Waals surface area contributed by atoms with Crippen molar-refractivity contribution in [2.24, 2.45) is 0 Å². The topological polar surface area (TPSA) is 85.5 Å². The average Bonchev–Trinajstić information content (AvgIpc) is 3.39. The van der Waals surface area contributed by atoms with Gasteiger partial charge in [0.15, 0.2) is 5.11 Å². The number of nitrogens with zero attached hydrogens (tertiary/aromatic N) is 4. The highest BCUT2D eigenvalue weighted by molar-refractivity contribution is 9.10. The second-order valence-electron chi connectivity index (χ2n) is 8.75. The third kappa shape index (κ3) is 4.47. The number of ether oxygens (including phenoxy) is 1. The van der Waals surface area contributed by atoms with Gasteiger partial charge in [-0.25, -0.2) is 0 Å². The molecule has 0 radical (unpaired) electrons. The molecule has 3 heterocycles. The standard InChI is InChI=1S/C27H24BrN5O3S/c1-16-14-21(17(2)31(16)23-12-11-20(36-3)15-24(23)33(34)35)26-25(22-6-4-5-13-29-22)30-27(37)32(26)19-9-7-18(28)8-10-19/h4-15,25-26H,1-3H3,(H,30,37)/t25-,26-/m0/s1. The Morgan fingerprint density at radius 3 is 2.51 bits per heavy atom. The lowest BCUT2D eigenvalue weighted by Crippen LogP contribution is -2.29. The maximum Gasteiger partial charge on any atom is 0.296 e. The van der Waals surface area contributed by atoms with Gasteiger partial charge in [-0.2, -0.15) is 0 Å². The van der Waals surface area contributed by atoms with Crippen LogP contribution in [-0.4, -0.2) is 26.7 Å². The van der Waals surface area contributed by atoms with Gasteiger partial charge in [-0.3, -0.25) is 15.1 Å². The summed E-state index contributed by atoms with van der Waals surface area (Å²) >= 11 is 9.35. The number of anilines is 1. The molecule has 1 N–H and O–H groups in total. The van der Waals surface area contributed by atoms with Gasteiger partial charge in [0.05, 0.1) is 35.9 Å². The first-order chi connectivity index (χ1) is 17.8. The number of thiocarbonyl (C=S) groups is 1. The molecule has 0 saturated carbocycles. The summed E-state index contributed by atoms with van der Waals surface area (Å²) < 4.78 is 8.13. The predicted octanol–water partition coefficient (Wildman–Crippen LogP) is 6.35.